The first kappa shape index (κ1) is 19.4. The molecule has 2 aromatic carbocycles. The maximum Gasteiger partial charge on any atom is 0.224 e. The summed E-state index contributed by atoms with van der Waals surface area (Å²) in [5, 5.41) is 2.81. The number of hydrogen-bond donors (Lipinski definition) is 1. The lowest BCUT2D eigenvalue weighted by Gasteiger charge is -2.13. The van der Waals surface area contributed by atoms with Gasteiger partial charge in [0.2, 0.25) is 5.91 Å². The highest BCUT2D eigenvalue weighted by Gasteiger charge is 2.10. The fraction of sp³-hybridized carbons (Fsp3) is 0.182. The summed E-state index contributed by atoms with van der Waals surface area (Å²) in [6, 6.07) is 15.4. The van der Waals surface area contributed by atoms with Gasteiger partial charge in [0, 0.05) is 36.1 Å². The number of amides is 1. The van der Waals surface area contributed by atoms with Crippen molar-refractivity contribution in [1.29, 1.82) is 0 Å². The van der Waals surface area contributed by atoms with Gasteiger partial charge in [-0.2, -0.15) is 0 Å². The minimum Gasteiger partial charge on any atom is -0.493 e. The van der Waals surface area contributed by atoms with Gasteiger partial charge in [-0.1, -0.05) is 24.3 Å². The van der Waals surface area contributed by atoms with Crippen LogP contribution in [0.4, 0.5) is 10.1 Å². The Kier molecular flexibility index (Phi) is 6.57. The first-order valence-corrected chi connectivity index (χ1v) is 8.88. The second-order valence-electron chi connectivity index (χ2n) is 6.16. The van der Waals surface area contributed by atoms with Crippen molar-refractivity contribution < 1.29 is 18.7 Å². The van der Waals surface area contributed by atoms with E-state index >= 15 is 0 Å². The lowest BCUT2D eigenvalue weighted by molar-refractivity contribution is -0.116. The molecule has 1 N–H and O–H groups in total. The van der Waals surface area contributed by atoms with Gasteiger partial charge in [-0.15, -0.1) is 0 Å². The molecule has 0 aliphatic rings. The molecule has 0 spiro atoms. The number of aromatic nitrogens is 1. The molecule has 0 saturated carbocycles. The summed E-state index contributed by atoms with van der Waals surface area (Å²) in [5.74, 6) is 0.573. The SMILES string of the molecule is COc1ccc(NC(=O)CCc2ccccc2F)cc1OCc1cccnc1. The first-order valence-electron chi connectivity index (χ1n) is 8.88. The number of nitrogens with one attached hydrogen (secondary N) is 1. The maximum atomic E-state index is 13.7. The third-order valence-electron chi connectivity index (χ3n) is 4.14. The van der Waals surface area contributed by atoms with E-state index in [4.69, 9.17) is 9.47 Å². The molecule has 1 amide bonds. The van der Waals surface area contributed by atoms with E-state index in [1.54, 1.807) is 55.9 Å². The van der Waals surface area contributed by atoms with Gasteiger partial charge in [0.25, 0.3) is 0 Å². The van der Waals surface area contributed by atoms with Crippen LogP contribution in [0.1, 0.15) is 17.5 Å². The Morgan fingerprint density at radius 3 is 2.71 bits per heavy atom. The Hall–Kier alpha value is -3.41. The van der Waals surface area contributed by atoms with E-state index in [1.165, 1.54) is 6.07 Å². The van der Waals surface area contributed by atoms with E-state index in [9.17, 15) is 9.18 Å². The average Bonchev–Trinajstić information content (AvgIpc) is 2.72. The Morgan fingerprint density at radius 1 is 1.11 bits per heavy atom. The molecule has 1 heterocycles. The van der Waals surface area contributed by atoms with Crippen LogP contribution in [0.15, 0.2) is 67.0 Å². The minimum atomic E-state index is -0.300. The normalized spacial score (nSPS) is 10.4. The Balaban J connectivity index is 1.61. The Morgan fingerprint density at radius 2 is 1.96 bits per heavy atom. The van der Waals surface area contributed by atoms with Gasteiger partial charge < -0.3 is 14.8 Å². The first-order chi connectivity index (χ1) is 13.7. The van der Waals surface area contributed by atoms with E-state index in [1.807, 2.05) is 12.1 Å². The van der Waals surface area contributed by atoms with E-state index in [0.29, 0.717) is 35.8 Å². The van der Waals surface area contributed by atoms with Gasteiger partial charge in [-0.05, 0) is 36.2 Å². The summed E-state index contributed by atoms with van der Waals surface area (Å²) < 4.78 is 24.8. The molecule has 6 heteroatoms. The predicted octanol–water partition coefficient (Wildman–Crippen LogP) is 4.38. The molecule has 0 fully saturated rings. The van der Waals surface area contributed by atoms with Crippen LogP contribution in [-0.4, -0.2) is 18.0 Å². The van der Waals surface area contributed by atoms with E-state index in [2.05, 4.69) is 10.3 Å². The zero-order valence-corrected chi connectivity index (χ0v) is 15.5. The van der Waals surface area contributed by atoms with Crippen molar-refractivity contribution in [2.45, 2.75) is 19.4 Å². The number of ether oxygens (including phenoxy) is 2. The molecule has 0 unspecified atom stereocenters. The minimum absolute atomic E-state index is 0.179. The summed E-state index contributed by atoms with van der Waals surface area (Å²) in [4.78, 5) is 16.3. The van der Waals surface area contributed by atoms with Crippen molar-refractivity contribution in [3.63, 3.8) is 0 Å². The highest BCUT2D eigenvalue weighted by Crippen LogP contribution is 2.31. The molecule has 0 aliphatic carbocycles. The molecule has 0 aliphatic heterocycles. The van der Waals surface area contributed by atoms with Crippen LogP contribution in [0.25, 0.3) is 0 Å². The van der Waals surface area contributed by atoms with Crippen molar-refractivity contribution in [2.75, 3.05) is 12.4 Å². The quantitative estimate of drug-likeness (QED) is 0.630. The number of aryl methyl sites for hydroxylation is 1. The summed E-state index contributed by atoms with van der Waals surface area (Å²) in [7, 11) is 1.55. The maximum absolute atomic E-state index is 13.7. The van der Waals surface area contributed by atoms with E-state index < -0.39 is 0 Å². The molecule has 3 rings (SSSR count). The zero-order valence-electron chi connectivity index (χ0n) is 15.5. The molecule has 3 aromatic rings. The molecule has 1 aromatic heterocycles. The molecular formula is C22H21FN2O3. The monoisotopic (exact) mass is 380 g/mol. The van der Waals surface area contributed by atoms with E-state index in [-0.39, 0.29) is 18.1 Å². The Labute approximate surface area is 163 Å². The third kappa shape index (κ3) is 5.30. The van der Waals surface area contributed by atoms with Gasteiger partial charge >= 0.3 is 0 Å². The number of anilines is 1. The third-order valence-corrected chi connectivity index (χ3v) is 4.14. The molecule has 0 atom stereocenters. The summed E-state index contributed by atoms with van der Waals surface area (Å²) in [6.45, 7) is 0.328. The van der Waals surface area contributed by atoms with Crippen molar-refractivity contribution in [1.82, 2.24) is 4.98 Å². The summed E-state index contributed by atoms with van der Waals surface area (Å²) in [6.07, 6.45) is 3.93. The molecule has 144 valence electrons. The van der Waals surface area contributed by atoms with Crippen LogP contribution >= 0.6 is 0 Å². The molecule has 0 saturated heterocycles. The Bertz CT molecular complexity index is 932. The van der Waals surface area contributed by atoms with Crippen molar-refractivity contribution >= 4 is 11.6 Å². The van der Waals surface area contributed by atoms with Crippen molar-refractivity contribution in [2.24, 2.45) is 0 Å². The molecule has 0 radical (unpaired) electrons. The van der Waals surface area contributed by atoms with Gasteiger partial charge in [0.05, 0.1) is 7.11 Å². The van der Waals surface area contributed by atoms with Gasteiger partial charge in [0.1, 0.15) is 12.4 Å². The number of nitrogens with zero attached hydrogens (tertiary/aromatic N) is 1. The highest BCUT2D eigenvalue weighted by atomic mass is 19.1. The number of hydrogen-bond acceptors (Lipinski definition) is 4. The summed E-state index contributed by atoms with van der Waals surface area (Å²) >= 11 is 0. The number of halogens is 1. The van der Waals surface area contributed by atoms with Crippen LogP contribution in [0.3, 0.4) is 0 Å². The van der Waals surface area contributed by atoms with Crippen LogP contribution in [-0.2, 0) is 17.8 Å². The number of carbonyl (C=O) groups is 1. The second-order valence-corrected chi connectivity index (χ2v) is 6.16. The molecule has 28 heavy (non-hydrogen) atoms. The number of pyridine rings is 1. The molecule has 0 bridgehead atoms. The van der Waals surface area contributed by atoms with Crippen molar-refractivity contribution in [3.8, 4) is 11.5 Å². The average molecular weight is 380 g/mol. The topological polar surface area (TPSA) is 60.5 Å². The van der Waals surface area contributed by atoms with Crippen LogP contribution in [0.5, 0.6) is 11.5 Å². The number of rotatable bonds is 8. The fourth-order valence-corrected chi connectivity index (χ4v) is 2.68. The molecular weight excluding hydrogens is 359 g/mol. The van der Waals surface area contributed by atoms with Crippen LogP contribution < -0.4 is 14.8 Å². The number of methoxy groups -OCH3 is 1. The van der Waals surface area contributed by atoms with E-state index in [0.717, 1.165) is 5.56 Å². The second kappa shape index (κ2) is 9.50. The van der Waals surface area contributed by atoms with Gasteiger partial charge in [0.15, 0.2) is 11.5 Å². The number of benzene rings is 2. The van der Waals surface area contributed by atoms with Crippen LogP contribution in [0.2, 0.25) is 0 Å². The standard InChI is InChI=1S/C22H21FN2O3/c1-27-20-10-9-18(13-21(20)28-15-16-5-4-12-24-14-16)25-22(26)11-8-17-6-2-3-7-19(17)23/h2-7,9-10,12-14H,8,11,15H2,1H3,(H,25,26). The van der Waals surface area contributed by atoms with Crippen LogP contribution in [0, 0.1) is 5.82 Å². The zero-order chi connectivity index (χ0) is 19.8. The smallest absolute Gasteiger partial charge is 0.224 e. The fourth-order valence-electron chi connectivity index (χ4n) is 2.68. The largest absolute Gasteiger partial charge is 0.493 e. The van der Waals surface area contributed by atoms with Gasteiger partial charge in [-0.25, -0.2) is 4.39 Å². The lowest BCUT2D eigenvalue weighted by atomic mass is 10.1. The summed E-state index contributed by atoms with van der Waals surface area (Å²) in [5.41, 5.74) is 2.03. The van der Waals surface area contributed by atoms with Crippen molar-refractivity contribution in [3.05, 3.63) is 83.9 Å². The molecule has 5 nitrogen and oxygen atoms in total. The number of carbonyl (C=O) groups excluding carboxylic acids is 1. The predicted molar refractivity (Wildman–Crippen MR) is 105 cm³/mol. The highest BCUT2D eigenvalue weighted by molar-refractivity contribution is 5.91. The van der Waals surface area contributed by atoms with Gasteiger partial charge in [-0.3, -0.25) is 9.78 Å². The lowest BCUT2D eigenvalue weighted by Crippen LogP contribution is -2.13.